The van der Waals surface area contributed by atoms with Crippen molar-refractivity contribution < 1.29 is 13.2 Å². The number of nitrogens with one attached hydrogen (secondary N) is 1. The first-order valence-corrected chi connectivity index (χ1v) is 6.74. The van der Waals surface area contributed by atoms with Crippen LogP contribution in [0.4, 0.5) is 0 Å². The summed E-state index contributed by atoms with van der Waals surface area (Å²) in [5.74, 6) is 0. The van der Waals surface area contributed by atoms with E-state index in [1.807, 2.05) is 0 Å². The number of imidazole rings is 1. The van der Waals surface area contributed by atoms with Crippen LogP contribution in [0.25, 0.3) is 0 Å². The van der Waals surface area contributed by atoms with Crippen LogP contribution in [-0.2, 0) is 14.8 Å². The highest BCUT2D eigenvalue weighted by atomic mass is 32.2. The van der Waals surface area contributed by atoms with Crippen LogP contribution in [0.2, 0.25) is 0 Å². The number of methoxy groups -OCH3 is 1. The largest absolute Gasteiger partial charge is 0.383 e. The third-order valence-corrected chi connectivity index (χ3v) is 4.07. The number of ether oxygens (including phenoxy) is 1. The maximum atomic E-state index is 12.2. The molecule has 98 valence electrons. The molecule has 17 heavy (non-hydrogen) atoms. The van der Waals surface area contributed by atoms with Gasteiger partial charge in [-0.3, -0.25) is 0 Å². The highest BCUT2D eigenvalue weighted by molar-refractivity contribution is 7.89. The number of aromatic amines is 1. The standard InChI is InChI=1S/C9H18N4O3S/c1-16-6-5-13(4-2-3-10)17(14,15)9-7-11-8-12-9/h7-8H,2-6,10H2,1H3,(H,11,12). The van der Waals surface area contributed by atoms with E-state index in [0.29, 0.717) is 32.7 Å². The second kappa shape index (κ2) is 6.70. The molecular formula is C9H18N4O3S. The van der Waals surface area contributed by atoms with E-state index in [9.17, 15) is 8.42 Å². The number of H-pyrrole nitrogens is 1. The van der Waals surface area contributed by atoms with Crippen LogP contribution in [0.3, 0.4) is 0 Å². The van der Waals surface area contributed by atoms with E-state index in [0.717, 1.165) is 0 Å². The van der Waals surface area contributed by atoms with E-state index in [-0.39, 0.29) is 5.03 Å². The summed E-state index contributed by atoms with van der Waals surface area (Å²) in [5.41, 5.74) is 5.39. The topological polar surface area (TPSA) is 101 Å². The summed E-state index contributed by atoms with van der Waals surface area (Å²) in [6, 6.07) is 0. The summed E-state index contributed by atoms with van der Waals surface area (Å²) in [7, 11) is -1.99. The number of hydrogen-bond acceptors (Lipinski definition) is 5. The van der Waals surface area contributed by atoms with Gasteiger partial charge in [-0.25, -0.2) is 13.4 Å². The first-order chi connectivity index (χ1) is 8.12. The van der Waals surface area contributed by atoms with Gasteiger partial charge in [0.25, 0.3) is 10.0 Å². The lowest BCUT2D eigenvalue weighted by atomic mass is 10.4. The van der Waals surface area contributed by atoms with Crippen molar-refractivity contribution in [3.8, 4) is 0 Å². The quantitative estimate of drug-likeness (QED) is 0.651. The van der Waals surface area contributed by atoms with Gasteiger partial charge in [0.05, 0.1) is 19.1 Å². The van der Waals surface area contributed by atoms with Crippen LogP contribution in [0.15, 0.2) is 17.6 Å². The van der Waals surface area contributed by atoms with Gasteiger partial charge in [-0.15, -0.1) is 0 Å². The zero-order valence-corrected chi connectivity index (χ0v) is 10.6. The fraction of sp³-hybridized carbons (Fsp3) is 0.667. The van der Waals surface area contributed by atoms with Gasteiger partial charge in [-0.2, -0.15) is 4.31 Å². The number of nitrogens with zero attached hydrogens (tertiary/aromatic N) is 2. The lowest BCUT2D eigenvalue weighted by Gasteiger charge is -2.20. The lowest BCUT2D eigenvalue weighted by Crippen LogP contribution is -2.35. The first kappa shape index (κ1) is 14.1. The predicted octanol–water partition coefficient (Wildman–Crippen LogP) is -0.604. The minimum Gasteiger partial charge on any atom is -0.383 e. The molecule has 1 heterocycles. The predicted molar refractivity (Wildman–Crippen MR) is 62.9 cm³/mol. The Balaban J connectivity index is 2.80. The molecule has 1 aromatic rings. The highest BCUT2D eigenvalue weighted by Gasteiger charge is 2.24. The summed E-state index contributed by atoms with van der Waals surface area (Å²) in [6.07, 6.45) is 3.24. The van der Waals surface area contributed by atoms with E-state index >= 15 is 0 Å². The van der Waals surface area contributed by atoms with Crippen molar-refractivity contribution >= 4 is 10.0 Å². The lowest BCUT2D eigenvalue weighted by molar-refractivity contribution is 0.178. The van der Waals surface area contributed by atoms with Gasteiger partial charge in [0.2, 0.25) is 0 Å². The van der Waals surface area contributed by atoms with Crippen molar-refractivity contribution in [3.05, 3.63) is 12.5 Å². The summed E-state index contributed by atoms with van der Waals surface area (Å²) < 4.78 is 30.6. The van der Waals surface area contributed by atoms with Crippen LogP contribution in [0.5, 0.6) is 0 Å². The van der Waals surface area contributed by atoms with E-state index in [1.54, 1.807) is 0 Å². The van der Waals surface area contributed by atoms with Crippen LogP contribution >= 0.6 is 0 Å². The zero-order chi connectivity index (χ0) is 12.7. The van der Waals surface area contributed by atoms with Crippen LogP contribution < -0.4 is 5.73 Å². The molecule has 0 aliphatic rings. The van der Waals surface area contributed by atoms with Crippen LogP contribution in [0.1, 0.15) is 6.42 Å². The van der Waals surface area contributed by atoms with Crippen LogP contribution in [0, 0.1) is 0 Å². The van der Waals surface area contributed by atoms with Gasteiger partial charge in [-0.1, -0.05) is 0 Å². The monoisotopic (exact) mass is 262 g/mol. The molecule has 0 spiro atoms. The fourth-order valence-electron chi connectivity index (χ4n) is 1.34. The molecule has 0 radical (unpaired) electrons. The van der Waals surface area contributed by atoms with Gasteiger partial charge < -0.3 is 15.5 Å². The van der Waals surface area contributed by atoms with Crippen molar-refractivity contribution in [2.45, 2.75) is 11.4 Å². The fourth-order valence-corrected chi connectivity index (χ4v) is 2.69. The van der Waals surface area contributed by atoms with Gasteiger partial charge in [0.15, 0.2) is 5.03 Å². The Morgan fingerprint density at radius 3 is 2.82 bits per heavy atom. The number of rotatable bonds is 8. The smallest absolute Gasteiger partial charge is 0.260 e. The van der Waals surface area contributed by atoms with E-state index < -0.39 is 10.0 Å². The maximum Gasteiger partial charge on any atom is 0.260 e. The first-order valence-electron chi connectivity index (χ1n) is 5.30. The van der Waals surface area contributed by atoms with Gasteiger partial charge in [0, 0.05) is 20.2 Å². The Morgan fingerprint density at radius 2 is 2.29 bits per heavy atom. The minimum absolute atomic E-state index is 0.0885. The van der Waals surface area contributed by atoms with E-state index in [2.05, 4.69) is 9.97 Å². The summed E-state index contributed by atoms with van der Waals surface area (Å²) in [6.45, 7) is 1.47. The Kier molecular flexibility index (Phi) is 5.56. The molecule has 0 saturated carbocycles. The molecule has 0 atom stereocenters. The Morgan fingerprint density at radius 1 is 1.53 bits per heavy atom. The van der Waals surface area contributed by atoms with Gasteiger partial charge in [0.1, 0.15) is 0 Å². The molecular weight excluding hydrogens is 244 g/mol. The molecule has 3 N–H and O–H groups in total. The van der Waals surface area contributed by atoms with Crippen molar-refractivity contribution in [1.82, 2.24) is 14.3 Å². The Hall–Kier alpha value is -0.960. The van der Waals surface area contributed by atoms with Gasteiger partial charge >= 0.3 is 0 Å². The molecule has 0 aromatic carbocycles. The SMILES string of the molecule is COCCN(CCCN)S(=O)(=O)c1cnc[nH]1. The molecule has 1 rings (SSSR count). The third kappa shape index (κ3) is 3.77. The zero-order valence-electron chi connectivity index (χ0n) is 9.80. The van der Waals surface area contributed by atoms with E-state index in [1.165, 1.54) is 23.9 Å². The average molecular weight is 262 g/mol. The van der Waals surface area contributed by atoms with Crippen LogP contribution in [-0.4, -0.2) is 56.0 Å². The Bertz CT molecular complexity index is 396. The number of aromatic nitrogens is 2. The molecule has 0 aliphatic carbocycles. The molecule has 0 unspecified atom stereocenters. The second-order valence-electron chi connectivity index (χ2n) is 3.45. The molecule has 1 aromatic heterocycles. The van der Waals surface area contributed by atoms with Crippen molar-refractivity contribution in [3.63, 3.8) is 0 Å². The molecule has 0 bridgehead atoms. The average Bonchev–Trinajstić information content (AvgIpc) is 2.83. The summed E-state index contributed by atoms with van der Waals surface area (Å²) >= 11 is 0. The number of hydrogen-bond donors (Lipinski definition) is 2. The van der Waals surface area contributed by atoms with Crippen molar-refractivity contribution in [2.24, 2.45) is 5.73 Å². The normalized spacial score (nSPS) is 12.2. The summed E-state index contributed by atoms with van der Waals surface area (Å²) in [5, 5.41) is 0.0885. The summed E-state index contributed by atoms with van der Waals surface area (Å²) in [4.78, 5) is 6.31. The molecule has 0 amide bonds. The molecule has 0 saturated heterocycles. The third-order valence-electron chi connectivity index (χ3n) is 2.25. The number of nitrogens with two attached hydrogens (primary N) is 1. The number of sulfonamides is 1. The maximum absolute atomic E-state index is 12.2. The van der Waals surface area contributed by atoms with Crippen molar-refractivity contribution in [1.29, 1.82) is 0 Å². The molecule has 7 nitrogen and oxygen atoms in total. The van der Waals surface area contributed by atoms with Gasteiger partial charge in [-0.05, 0) is 13.0 Å². The molecule has 8 heteroatoms. The van der Waals surface area contributed by atoms with E-state index in [4.69, 9.17) is 10.5 Å². The van der Waals surface area contributed by atoms with Crippen molar-refractivity contribution in [2.75, 3.05) is 33.4 Å². The highest BCUT2D eigenvalue weighted by Crippen LogP contribution is 2.12. The minimum atomic E-state index is -3.52. The Labute approximate surface area is 101 Å². The second-order valence-corrected chi connectivity index (χ2v) is 5.36. The molecule has 0 aliphatic heterocycles. The molecule has 0 fully saturated rings.